The van der Waals surface area contributed by atoms with Gasteiger partial charge in [0.25, 0.3) is 0 Å². The molecule has 6 heteroatoms. The Balaban J connectivity index is 2.47. The molecule has 1 unspecified atom stereocenters. The second-order valence-electron chi connectivity index (χ2n) is 4.93. The fraction of sp³-hybridized carbons (Fsp3) is 0.500. The monoisotopic (exact) mass is 319 g/mol. The number of hydrogen-bond acceptors (Lipinski definition) is 3. The van der Waals surface area contributed by atoms with Crippen LogP contribution >= 0.6 is 23.2 Å². The number of nitrogens with one attached hydrogen (secondary N) is 1. The number of methoxy groups -OCH3 is 1. The second-order valence-corrected chi connectivity index (χ2v) is 5.77. The van der Waals surface area contributed by atoms with E-state index in [1.807, 2.05) is 0 Å². The molecule has 0 spiro atoms. The lowest BCUT2D eigenvalue weighted by molar-refractivity contribution is -0.121. The first-order valence-electron chi connectivity index (χ1n) is 6.26. The summed E-state index contributed by atoms with van der Waals surface area (Å²) in [5.74, 6) is -0.202. The van der Waals surface area contributed by atoms with E-state index >= 15 is 0 Å². The van der Waals surface area contributed by atoms with Crippen LogP contribution in [-0.4, -0.2) is 36.9 Å². The van der Waals surface area contributed by atoms with Crippen molar-refractivity contribution in [2.24, 2.45) is 0 Å². The van der Waals surface area contributed by atoms with Gasteiger partial charge in [-0.25, -0.2) is 0 Å². The molecule has 20 heavy (non-hydrogen) atoms. The Morgan fingerprint density at radius 1 is 1.45 bits per heavy atom. The molecule has 0 aliphatic carbocycles. The van der Waals surface area contributed by atoms with Gasteiger partial charge in [-0.15, -0.1) is 0 Å². The molecule has 0 radical (unpaired) electrons. The number of carbonyl (C=O) groups is 1. The van der Waals surface area contributed by atoms with Crippen molar-refractivity contribution in [1.82, 2.24) is 5.32 Å². The van der Waals surface area contributed by atoms with E-state index in [9.17, 15) is 9.90 Å². The van der Waals surface area contributed by atoms with Crippen LogP contribution in [0, 0.1) is 0 Å². The van der Waals surface area contributed by atoms with E-state index < -0.39 is 5.60 Å². The van der Waals surface area contributed by atoms with Crippen molar-refractivity contribution in [3.8, 4) is 0 Å². The van der Waals surface area contributed by atoms with Crippen LogP contribution in [-0.2, 0) is 16.0 Å². The first kappa shape index (κ1) is 17.2. The minimum atomic E-state index is -0.991. The molecule has 1 aromatic rings. The van der Waals surface area contributed by atoms with E-state index in [2.05, 4.69) is 5.32 Å². The average Bonchev–Trinajstić information content (AvgIpc) is 2.38. The summed E-state index contributed by atoms with van der Waals surface area (Å²) in [5, 5.41) is 13.7. The molecule has 1 amide bonds. The predicted octanol–water partition coefficient (Wildman–Crippen LogP) is 2.44. The standard InChI is InChI=1S/C14H19Cl2NO3/c1-14(19,5-6-20-2)9-17-13(18)7-10-3-4-11(15)8-12(10)16/h3-4,8,19H,5-7,9H2,1-2H3,(H,17,18). The quantitative estimate of drug-likeness (QED) is 0.811. The summed E-state index contributed by atoms with van der Waals surface area (Å²) in [5.41, 5.74) is -0.291. The van der Waals surface area contributed by atoms with Crippen LogP contribution < -0.4 is 5.32 Å². The van der Waals surface area contributed by atoms with Gasteiger partial charge in [0, 0.05) is 36.7 Å². The van der Waals surface area contributed by atoms with Crippen molar-refractivity contribution in [3.05, 3.63) is 33.8 Å². The SMILES string of the molecule is COCCC(C)(O)CNC(=O)Cc1ccc(Cl)cc1Cl. The summed E-state index contributed by atoms with van der Waals surface area (Å²) < 4.78 is 4.90. The lowest BCUT2D eigenvalue weighted by Gasteiger charge is -2.23. The van der Waals surface area contributed by atoms with Crippen LogP contribution in [0.5, 0.6) is 0 Å². The first-order valence-corrected chi connectivity index (χ1v) is 7.01. The molecule has 1 atom stereocenters. The molecule has 0 heterocycles. The summed E-state index contributed by atoms with van der Waals surface area (Å²) in [6, 6.07) is 5.00. The maximum absolute atomic E-state index is 11.8. The highest BCUT2D eigenvalue weighted by Crippen LogP contribution is 2.21. The van der Waals surface area contributed by atoms with Gasteiger partial charge in [-0.1, -0.05) is 29.3 Å². The number of rotatable bonds is 7. The van der Waals surface area contributed by atoms with E-state index in [-0.39, 0.29) is 18.9 Å². The van der Waals surface area contributed by atoms with Gasteiger partial charge in [-0.05, 0) is 24.6 Å². The van der Waals surface area contributed by atoms with E-state index in [1.54, 1.807) is 32.2 Å². The van der Waals surface area contributed by atoms with Crippen LogP contribution in [0.4, 0.5) is 0 Å². The van der Waals surface area contributed by atoms with E-state index in [1.165, 1.54) is 0 Å². The largest absolute Gasteiger partial charge is 0.388 e. The maximum atomic E-state index is 11.8. The Hall–Kier alpha value is -0.810. The molecule has 0 saturated carbocycles. The van der Waals surface area contributed by atoms with Gasteiger partial charge in [0.2, 0.25) is 5.91 Å². The number of ether oxygens (including phenoxy) is 1. The first-order chi connectivity index (χ1) is 9.34. The van der Waals surface area contributed by atoms with Gasteiger partial charge in [-0.2, -0.15) is 0 Å². The van der Waals surface area contributed by atoms with Gasteiger partial charge >= 0.3 is 0 Å². The summed E-state index contributed by atoms with van der Waals surface area (Å²) in [7, 11) is 1.57. The molecule has 0 saturated heterocycles. The van der Waals surface area contributed by atoms with Crippen LogP contribution in [0.1, 0.15) is 18.9 Å². The predicted molar refractivity (Wildman–Crippen MR) is 80.3 cm³/mol. The number of benzene rings is 1. The average molecular weight is 320 g/mol. The lowest BCUT2D eigenvalue weighted by atomic mass is 10.0. The van der Waals surface area contributed by atoms with Gasteiger partial charge in [-0.3, -0.25) is 4.79 Å². The van der Waals surface area contributed by atoms with Gasteiger partial charge in [0.05, 0.1) is 12.0 Å². The minimum absolute atomic E-state index is 0.149. The molecule has 1 aromatic carbocycles. The van der Waals surface area contributed by atoms with Gasteiger partial charge in [0.15, 0.2) is 0 Å². The van der Waals surface area contributed by atoms with Gasteiger partial charge < -0.3 is 15.2 Å². The second kappa shape index (κ2) is 7.84. The molecule has 0 bridgehead atoms. The van der Waals surface area contributed by atoms with E-state index in [0.29, 0.717) is 28.6 Å². The van der Waals surface area contributed by atoms with Crippen molar-refractivity contribution in [2.45, 2.75) is 25.4 Å². The van der Waals surface area contributed by atoms with Crippen molar-refractivity contribution in [1.29, 1.82) is 0 Å². The molecule has 0 aliphatic heterocycles. The minimum Gasteiger partial charge on any atom is -0.388 e. The summed E-state index contributed by atoms with van der Waals surface area (Å²) in [6.07, 6.45) is 0.599. The number of hydrogen-bond donors (Lipinski definition) is 2. The zero-order chi connectivity index (χ0) is 15.2. The number of carbonyl (C=O) groups excluding carboxylic acids is 1. The molecule has 0 aromatic heterocycles. The summed E-state index contributed by atoms with van der Waals surface area (Å²) in [4.78, 5) is 11.8. The normalized spacial score (nSPS) is 13.8. The smallest absolute Gasteiger partial charge is 0.224 e. The highest BCUT2D eigenvalue weighted by Gasteiger charge is 2.21. The molecule has 4 nitrogen and oxygen atoms in total. The number of halogens is 2. The Labute approximate surface area is 129 Å². The Morgan fingerprint density at radius 3 is 2.75 bits per heavy atom. The molecular formula is C14H19Cl2NO3. The molecule has 1 rings (SSSR count). The molecule has 2 N–H and O–H groups in total. The van der Waals surface area contributed by atoms with Crippen molar-refractivity contribution >= 4 is 29.1 Å². The molecular weight excluding hydrogens is 301 g/mol. The highest BCUT2D eigenvalue weighted by atomic mass is 35.5. The third-order valence-electron chi connectivity index (χ3n) is 2.88. The Morgan fingerprint density at radius 2 is 2.15 bits per heavy atom. The molecule has 112 valence electrons. The van der Waals surface area contributed by atoms with Crippen LogP contribution in [0.3, 0.4) is 0 Å². The van der Waals surface area contributed by atoms with Crippen LogP contribution in [0.2, 0.25) is 10.0 Å². The Kier molecular flexibility index (Phi) is 6.76. The third-order valence-corrected chi connectivity index (χ3v) is 3.46. The van der Waals surface area contributed by atoms with Gasteiger partial charge in [0.1, 0.15) is 0 Å². The van der Waals surface area contributed by atoms with Crippen LogP contribution in [0.15, 0.2) is 18.2 Å². The van der Waals surface area contributed by atoms with E-state index in [4.69, 9.17) is 27.9 Å². The number of amides is 1. The van der Waals surface area contributed by atoms with Crippen molar-refractivity contribution in [3.63, 3.8) is 0 Å². The summed E-state index contributed by atoms with van der Waals surface area (Å²) in [6.45, 7) is 2.26. The lowest BCUT2D eigenvalue weighted by Crippen LogP contribution is -2.41. The third kappa shape index (κ3) is 6.09. The number of aliphatic hydroxyl groups is 1. The fourth-order valence-corrected chi connectivity index (χ4v) is 2.08. The zero-order valence-electron chi connectivity index (χ0n) is 11.6. The summed E-state index contributed by atoms with van der Waals surface area (Å²) >= 11 is 11.8. The molecule has 0 aliphatic rings. The zero-order valence-corrected chi connectivity index (χ0v) is 13.1. The van der Waals surface area contributed by atoms with Crippen molar-refractivity contribution < 1.29 is 14.6 Å². The fourth-order valence-electron chi connectivity index (χ4n) is 1.60. The topological polar surface area (TPSA) is 58.6 Å². The van der Waals surface area contributed by atoms with E-state index in [0.717, 1.165) is 0 Å². The maximum Gasteiger partial charge on any atom is 0.224 e. The van der Waals surface area contributed by atoms with Crippen LogP contribution in [0.25, 0.3) is 0 Å². The Bertz CT molecular complexity index is 464. The highest BCUT2D eigenvalue weighted by molar-refractivity contribution is 6.35. The van der Waals surface area contributed by atoms with Crippen molar-refractivity contribution in [2.75, 3.05) is 20.3 Å². The molecule has 0 fully saturated rings.